The van der Waals surface area contributed by atoms with E-state index in [0.29, 0.717) is 12.2 Å². The van der Waals surface area contributed by atoms with Crippen LogP contribution < -0.4 is 5.56 Å². The number of esters is 1. The van der Waals surface area contributed by atoms with Gasteiger partial charge < -0.3 is 14.8 Å². The Balaban J connectivity index is 1.91. The van der Waals surface area contributed by atoms with Crippen LogP contribution in [0.5, 0.6) is 5.75 Å². The third-order valence-corrected chi connectivity index (χ3v) is 3.86. The zero-order chi connectivity index (χ0) is 17.8. The van der Waals surface area contributed by atoms with Gasteiger partial charge in [0.15, 0.2) is 5.69 Å². The number of aromatic amines is 1. The van der Waals surface area contributed by atoms with Gasteiger partial charge in [-0.25, -0.2) is 9.48 Å². The lowest BCUT2D eigenvalue weighted by atomic mass is 10.1. The number of aromatic nitrogens is 3. The number of hydrogen-bond donors (Lipinski definition) is 2. The molecule has 0 spiro atoms. The molecule has 2 N–H and O–H groups in total. The summed E-state index contributed by atoms with van der Waals surface area (Å²) >= 11 is 0. The molecule has 0 aliphatic rings. The Morgan fingerprint density at radius 2 is 2.08 bits per heavy atom. The second-order valence-electron chi connectivity index (χ2n) is 5.62. The SMILES string of the molecule is CCOC(=O)c1nn(CCCc2ccccc2)c2[nH]c(=O)cc(O)c12. The van der Waals surface area contributed by atoms with E-state index in [1.807, 2.05) is 30.3 Å². The summed E-state index contributed by atoms with van der Waals surface area (Å²) in [4.78, 5) is 26.4. The number of carbonyl (C=O) groups excluding carboxylic acids is 1. The number of aromatic hydroxyl groups is 1. The molecule has 0 aliphatic heterocycles. The van der Waals surface area contributed by atoms with E-state index in [9.17, 15) is 14.7 Å². The van der Waals surface area contributed by atoms with Crippen molar-refractivity contribution in [3.8, 4) is 5.75 Å². The van der Waals surface area contributed by atoms with Gasteiger partial charge in [-0.15, -0.1) is 0 Å². The van der Waals surface area contributed by atoms with Crippen LogP contribution in [0.25, 0.3) is 11.0 Å². The average molecular weight is 341 g/mol. The summed E-state index contributed by atoms with van der Waals surface area (Å²) in [6.07, 6.45) is 1.60. The molecule has 0 unspecified atom stereocenters. The molecule has 130 valence electrons. The monoisotopic (exact) mass is 341 g/mol. The van der Waals surface area contributed by atoms with Crippen molar-refractivity contribution in [2.24, 2.45) is 0 Å². The Morgan fingerprint density at radius 1 is 1.32 bits per heavy atom. The third kappa shape index (κ3) is 3.55. The number of fused-ring (bicyclic) bond motifs is 1. The highest BCUT2D eigenvalue weighted by molar-refractivity contribution is 6.03. The van der Waals surface area contributed by atoms with Crippen LogP contribution in [0.4, 0.5) is 0 Å². The van der Waals surface area contributed by atoms with Crippen LogP contribution in [0.3, 0.4) is 0 Å². The zero-order valence-corrected chi connectivity index (χ0v) is 13.9. The number of carbonyl (C=O) groups is 1. The van der Waals surface area contributed by atoms with Crippen LogP contribution in [0, 0.1) is 0 Å². The van der Waals surface area contributed by atoms with Crippen LogP contribution >= 0.6 is 0 Å². The Kier molecular flexibility index (Phi) is 4.83. The Bertz CT molecular complexity index is 944. The van der Waals surface area contributed by atoms with Crippen LogP contribution in [-0.4, -0.2) is 32.4 Å². The maximum Gasteiger partial charge on any atom is 0.359 e. The molecule has 0 fully saturated rings. The summed E-state index contributed by atoms with van der Waals surface area (Å²) in [7, 11) is 0. The fourth-order valence-corrected chi connectivity index (χ4v) is 2.76. The molecule has 1 aromatic carbocycles. The summed E-state index contributed by atoms with van der Waals surface area (Å²) in [5, 5.41) is 14.5. The number of rotatable bonds is 6. The van der Waals surface area contributed by atoms with Gasteiger partial charge in [0.05, 0.1) is 12.0 Å². The number of ether oxygens (including phenoxy) is 1. The fourth-order valence-electron chi connectivity index (χ4n) is 2.76. The largest absolute Gasteiger partial charge is 0.507 e. The minimum atomic E-state index is -0.628. The van der Waals surface area contributed by atoms with Crippen molar-refractivity contribution >= 4 is 17.0 Å². The summed E-state index contributed by atoms with van der Waals surface area (Å²) < 4.78 is 6.52. The highest BCUT2D eigenvalue weighted by Gasteiger charge is 2.22. The van der Waals surface area contributed by atoms with E-state index >= 15 is 0 Å². The molecule has 0 radical (unpaired) electrons. The molecule has 7 heteroatoms. The first-order valence-corrected chi connectivity index (χ1v) is 8.14. The quantitative estimate of drug-likeness (QED) is 0.670. The summed E-state index contributed by atoms with van der Waals surface area (Å²) in [6.45, 7) is 2.38. The van der Waals surface area contributed by atoms with Crippen molar-refractivity contribution in [1.29, 1.82) is 0 Å². The number of nitrogens with one attached hydrogen (secondary N) is 1. The van der Waals surface area contributed by atoms with Gasteiger partial charge in [-0.05, 0) is 25.3 Å². The maximum absolute atomic E-state index is 12.1. The molecule has 0 bridgehead atoms. The molecule has 3 aromatic rings. The van der Waals surface area contributed by atoms with Crippen LogP contribution in [-0.2, 0) is 17.7 Å². The highest BCUT2D eigenvalue weighted by Crippen LogP contribution is 2.25. The molecule has 0 amide bonds. The molecule has 0 aliphatic carbocycles. The number of nitrogens with zero attached hydrogens (tertiary/aromatic N) is 2. The van der Waals surface area contributed by atoms with Crippen molar-refractivity contribution < 1.29 is 14.6 Å². The molecular weight excluding hydrogens is 322 g/mol. The van der Waals surface area contributed by atoms with Gasteiger partial charge in [0, 0.05) is 12.6 Å². The lowest BCUT2D eigenvalue weighted by Gasteiger charge is -2.04. The minimum Gasteiger partial charge on any atom is -0.507 e. The first-order valence-electron chi connectivity index (χ1n) is 8.14. The standard InChI is InChI=1S/C18H19N3O4/c1-2-25-18(24)16-15-13(22)11-14(23)19-17(15)21(20-16)10-6-9-12-7-4-3-5-8-12/h3-5,7-8,11H,2,6,9-10H2,1H3,(H2,19,22,23). The molecule has 7 nitrogen and oxygen atoms in total. The van der Waals surface area contributed by atoms with Crippen molar-refractivity contribution in [3.63, 3.8) is 0 Å². The predicted molar refractivity (Wildman–Crippen MR) is 92.7 cm³/mol. The third-order valence-electron chi connectivity index (χ3n) is 3.86. The van der Waals surface area contributed by atoms with Crippen LogP contribution in [0.15, 0.2) is 41.2 Å². The Morgan fingerprint density at radius 3 is 2.80 bits per heavy atom. The summed E-state index contributed by atoms with van der Waals surface area (Å²) in [5.74, 6) is -0.909. The molecule has 2 heterocycles. The van der Waals surface area contributed by atoms with E-state index in [-0.39, 0.29) is 23.4 Å². The number of H-pyrrole nitrogens is 1. The number of pyridine rings is 1. The smallest absolute Gasteiger partial charge is 0.359 e. The average Bonchev–Trinajstić information content (AvgIpc) is 2.95. The molecule has 0 saturated carbocycles. The van der Waals surface area contributed by atoms with E-state index in [0.717, 1.165) is 18.9 Å². The van der Waals surface area contributed by atoms with Gasteiger partial charge in [-0.1, -0.05) is 30.3 Å². The van der Waals surface area contributed by atoms with Gasteiger partial charge in [-0.3, -0.25) is 4.79 Å². The molecular formula is C18H19N3O4. The topological polar surface area (TPSA) is 97.2 Å². The first-order chi connectivity index (χ1) is 12.1. The summed E-state index contributed by atoms with van der Waals surface area (Å²) in [6, 6.07) is 11.0. The maximum atomic E-state index is 12.1. The van der Waals surface area contributed by atoms with Crippen LogP contribution in [0.1, 0.15) is 29.4 Å². The molecule has 3 rings (SSSR count). The highest BCUT2D eigenvalue weighted by atomic mass is 16.5. The van der Waals surface area contributed by atoms with E-state index < -0.39 is 11.5 Å². The van der Waals surface area contributed by atoms with Crippen molar-refractivity contribution in [1.82, 2.24) is 14.8 Å². The zero-order valence-electron chi connectivity index (χ0n) is 13.9. The summed E-state index contributed by atoms with van der Waals surface area (Å²) in [5.41, 5.74) is 1.07. The van der Waals surface area contributed by atoms with E-state index in [2.05, 4.69) is 10.1 Å². The van der Waals surface area contributed by atoms with E-state index in [1.165, 1.54) is 10.2 Å². The van der Waals surface area contributed by atoms with Gasteiger partial charge in [-0.2, -0.15) is 5.10 Å². The molecule has 25 heavy (non-hydrogen) atoms. The van der Waals surface area contributed by atoms with Crippen molar-refractivity contribution in [2.75, 3.05) is 6.61 Å². The second kappa shape index (κ2) is 7.21. The number of hydrogen-bond acceptors (Lipinski definition) is 5. The van der Waals surface area contributed by atoms with Gasteiger partial charge in [0.25, 0.3) is 5.56 Å². The normalized spacial score (nSPS) is 10.9. The van der Waals surface area contributed by atoms with E-state index in [4.69, 9.17) is 4.74 Å². The Labute approximate surface area is 143 Å². The number of benzene rings is 1. The molecule has 0 atom stereocenters. The second-order valence-corrected chi connectivity index (χ2v) is 5.62. The van der Waals surface area contributed by atoms with Gasteiger partial charge >= 0.3 is 5.97 Å². The predicted octanol–water partition coefficient (Wildman–Crippen LogP) is 2.24. The van der Waals surface area contributed by atoms with E-state index in [1.54, 1.807) is 6.92 Å². The minimum absolute atomic E-state index is 0.00492. The van der Waals surface area contributed by atoms with Gasteiger partial charge in [0.1, 0.15) is 11.4 Å². The van der Waals surface area contributed by atoms with Crippen molar-refractivity contribution in [3.05, 3.63) is 58.0 Å². The lowest BCUT2D eigenvalue weighted by molar-refractivity contribution is 0.0520. The first kappa shape index (κ1) is 16.8. The number of aryl methyl sites for hydroxylation is 2. The van der Waals surface area contributed by atoms with Crippen LogP contribution in [0.2, 0.25) is 0 Å². The molecule has 0 saturated heterocycles. The molecule has 2 aromatic heterocycles. The van der Waals surface area contributed by atoms with Gasteiger partial charge in [0.2, 0.25) is 0 Å². The lowest BCUT2D eigenvalue weighted by Crippen LogP contribution is -2.09. The fraction of sp³-hybridized carbons (Fsp3) is 0.278. The Hall–Kier alpha value is -3.09. The van der Waals surface area contributed by atoms with Crippen molar-refractivity contribution in [2.45, 2.75) is 26.3 Å².